The predicted octanol–water partition coefficient (Wildman–Crippen LogP) is 2.38. The van der Waals surface area contributed by atoms with E-state index in [-0.39, 0.29) is 5.56 Å². The first-order chi connectivity index (χ1) is 14.1. The molecule has 1 saturated heterocycles. The van der Waals surface area contributed by atoms with E-state index in [0.29, 0.717) is 11.8 Å². The number of quaternary nitrogens is 1. The lowest BCUT2D eigenvalue weighted by Gasteiger charge is -2.41. The van der Waals surface area contributed by atoms with Crippen molar-refractivity contribution in [1.29, 1.82) is 0 Å². The highest BCUT2D eigenvalue weighted by Gasteiger charge is 2.39. The van der Waals surface area contributed by atoms with Crippen molar-refractivity contribution in [3.8, 4) is 11.3 Å². The van der Waals surface area contributed by atoms with Gasteiger partial charge in [-0.1, -0.05) is 12.1 Å². The topological polar surface area (TPSA) is 42.8 Å². The van der Waals surface area contributed by atoms with Gasteiger partial charge < -0.3 is 18.8 Å². The number of hydrogen-bond acceptors (Lipinski definition) is 3. The Bertz CT molecular complexity index is 1050. The molecule has 29 heavy (non-hydrogen) atoms. The van der Waals surface area contributed by atoms with Crippen LogP contribution in [0.1, 0.15) is 23.6 Å². The van der Waals surface area contributed by atoms with Crippen molar-refractivity contribution in [2.75, 3.05) is 32.1 Å². The number of benzene rings is 1. The van der Waals surface area contributed by atoms with Gasteiger partial charge >= 0.3 is 0 Å². The van der Waals surface area contributed by atoms with Crippen LogP contribution in [0.25, 0.3) is 11.3 Å². The largest absolute Gasteiger partial charge is 0.464 e. The summed E-state index contributed by atoms with van der Waals surface area (Å²) in [6.45, 7) is 4.04. The van der Waals surface area contributed by atoms with Crippen LogP contribution < -0.4 is 15.4 Å². The summed E-state index contributed by atoms with van der Waals surface area (Å²) in [4.78, 5) is 16.3. The zero-order valence-electron chi connectivity index (χ0n) is 17.1. The number of anilines is 1. The average Bonchev–Trinajstić information content (AvgIpc) is 3.24. The highest BCUT2D eigenvalue weighted by Crippen LogP contribution is 2.36. The van der Waals surface area contributed by atoms with Crippen LogP contribution in [0.5, 0.6) is 0 Å². The molecule has 1 fully saturated rings. The smallest absolute Gasteiger partial charge is 0.250 e. The third kappa shape index (κ3) is 3.40. The summed E-state index contributed by atoms with van der Waals surface area (Å²) in [6.07, 6.45) is 2.87. The number of hydrogen-bond donors (Lipinski definition) is 1. The van der Waals surface area contributed by atoms with Gasteiger partial charge in [0, 0.05) is 61.1 Å². The molecule has 0 spiro atoms. The summed E-state index contributed by atoms with van der Waals surface area (Å²) >= 11 is 0. The first kappa shape index (κ1) is 18.3. The SMILES string of the molecule is CN(C)c1ccc(C[NH+]2C[C@@H]3C[C@H](C2)c2c(-c4ccco4)ccc(=O)n2C3)cc1. The summed E-state index contributed by atoms with van der Waals surface area (Å²) in [6, 6.07) is 16.4. The Morgan fingerprint density at radius 2 is 1.93 bits per heavy atom. The summed E-state index contributed by atoms with van der Waals surface area (Å²) in [5, 5.41) is 0. The van der Waals surface area contributed by atoms with Gasteiger partial charge in [-0.25, -0.2) is 0 Å². The predicted molar refractivity (Wildman–Crippen MR) is 114 cm³/mol. The minimum absolute atomic E-state index is 0.118. The molecule has 2 aromatic heterocycles. The van der Waals surface area contributed by atoms with Crippen LogP contribution in [0.4, 0.5) is 5.69 Å². The van der Waals surface area contributed by atoms with Gasteiger partial charge in [-0.2, -0.15) is 0 Å². The molecule has 4 heterocycles. The molecule has 1 aromatic carbocycles. The molecular weight excluding hydrogens is 362 g/mol. The number of likely N-dealkylation sites (tertiary alicyclic amines) is 1. The lowest BCUT2D eigenvalue weighted by atomic mass is 9.81. The Morgan fingerprint density at radius 1 is 1.10 bits per heavy atom. The van der Waals surface area contributed by atoms with Crippen molar-refractivity contribution < 1.29 is 9.32 Å². The Kier molecular flexibility index (Phi) is 4.55. The molecule has 0 radical (unpaired) electrons. The molecule has 2 bridgehead atoms. The number of nitrogens with zero attached hydrogens (tertiary/aromatic N) is 2. The lowest BCUT2D eigenvalue weighted by Crippen LogP contribution is -3.13. The second-order valence-corrected chi connectivity index (χ2v) is 8.75. The van der Waals surface area contributed by atoms with Crippen molar-refractivity contribution in [2.24, 2.45) is 5.92 Å². The number of pyridine rings is 1. The fraction of sp³-hybridized carbons (Fsp3) is 0.375. The molecule has 0 amide bonds. The molecular formula is C24H28N3O2+. The van der Waals surface area contributed by atoms with E-state index in [4.69, 9.17) is 4.42 Å². The van der Waals surface area contributed by atoms with Crippen molar-refractivity contribution in [3.05, 3.63) is 76.4 Å². The summed E-state index contributed by atoms with van der Waals surface area (Å²) in [5.41, 5.74) is 4.98. The van der Waals surface area contributed by atoms with Gasteiger partial charge in [0.15, 0.2) is 0 Å². The summed E-state index contributed by atoms with van der Waals surface area (Å²) in [5.74, 6) is 1.81. The van der Waals surface area contributed by atoms with Crippen LogP contribution in [0.2, 0.25) is 0 Å². The van der Waals surface area contributed by atoms with E-state index in [9.17, 15) is 4.79 Å². The Morgan fingerprint density at radius 3 is 2.66 bits per heavy atom. The molecule has 3 atom stereocenters. The molecule has 3 aromatic rings. The minimum atomic E-state index is 0.118. The standard InChI is InChI=1S/C24H27N3O2/c1-25(2)20-7-5-17(6-8-20)13-26-14-18-12-19(16-26)24-21(22-4-3-11-29-22)9-10-23(28)27(24)15-18/h3-11,18-19H,12-16H2,1-2H3/p+1/t18-,19+/m0/s1. The maximum Gasteiger partial charge on any atom is 0.250 e. The van der Waals surface area contributed by atoms with Crippen molar-refractivity contribution in [2.45, 2.75) is 25.4 Å². The number of nitrogens with one attached hydrogen (secondary N) is 1. The molecule has 1 N–H and O–H groups in total. The Labute approximate surface area is 171 Å². The van der Waals surface area contributed by atoms with E-state index in [1.165, 1.54) is 23.4 Å². The van der Waals surface area contributed by atoms with Crippen LogP contribution in [-0.2, 0) is 13.1 Å². The van der Waals surface area contributed by atoms with E-state index >= 15 is 0 Å². The van der Waals surface area contributed by atoms with Gasteiger partial charge in [0.2, 0.25) is 0 Å². The van der Waals surface area contributed by atoms with Crippen molar-refractivity contribution >= 4 is 5.69 Å². The number of aromatic nitrogens is 1. The molecule has 2 aliphatic rings. The van der Waals surface area contributed by atoms with E-state index in [0.717, 1.165) is 37.5 Å². The molecule has 1 unspecified atom stereocenters. The first-order valence-corrected chi connectivity index (χ1v) is 10.5. The fourth-order valence-electron chi connectivity index (χ4n) is 5.22. The average molecular weight is 391 g/mol. The number of rotatable bonds is 4. The van der Waals surface area contributed by atoms with Gasteiger partial charge in [-0.3, -0.25) is 4.79 Å². The van der Waals surface area contributed by atoms with E-state index in [1.54, 1.807) is 17.2 Å². The molecule has 0 saturated carbocycles. The van der Waals surface area contributed by atoms with Crippen LogP contribution in [0, 0.1) is 5.92 Å². The zero-order valence-corrected chi connectivity index (χ0v) is 17.1. The maximum absolute atomic E-state index is 12.6. The molecule has 5 rings (SSSR count). The van der Waals surface area contributed by atoms with Crippen LogP contribution in [-0.4, -0.2) is 31.8 Å². The monoisotopic (exact) mass is 390 g/mol. The second kappa shape index (κ2) is 7.23. The fourth-order valence-corrected chi connectivity index (χ4v) is 5.22. The van der Waals surface area contributed by atoms with Gasteiger partial charge in [0.25, 0.3) is 5.56 Å². The van der Waals surface area contributed by atoms with Crippen molar-refractivity contribution in [3.63, 3.8) is 0 Å². The first-order valence-electron chi connectivity index (χ1n) is 10.5. The van der Waals surface area contributed by atoms with E-state index in [2.05, 4.69) is 43.3 Å². The van der Waals surface area contributed by atoms with E-state index < -0.39 is 0 Å². The molecule has 5 heteroatoms. The van der Waals surface area contributed by atoms with Gasteiger partial charge in [-0.15, -0.1) is 0 Å². The lowest BCUT2D eigenvalue weighted by molar-refractivity contribution is -0.924. The number of furan rings is 1. The Balaban J connectivity index is 1.43. The quantitative estimate of drug-likeness (QED) is 0.744. The molecule has 5 nitrogen and oxygen atoms in total. The van der Waals surface area contributed by atoms with E-state index in [1.807, 2.05) is 22.8 Å². The normalized spacial score (nSPS) is 22.9. The molecule has 2 aliphatic heterocycles. The van der Waals surface area contributed by atoms with Crippen LogP contribution in [0.3, 0.4) is 0 Å². The Hall–Kier alpha value is -2.79. The number of fused-ring (bicyclic) bond motifs is 4. The maximum atomic E-state index is 12.6. The van der Waals surface area contributed by atoms with Gasteiger partial charge in [0.1, 0.15) is 12.3 Å². The zero-order chi connectivity index (χ0) is 20.0. The van der Waals surface area contributed by atoms with Crippen LogP contribution >= 0.6 is 0 Å². The van der Waals surface area contributed by atoms with Gasteiger partial charge in [0.05, 0.1) is 19.4 Å². The van der Waals surface area contributed by atoms with Gasteiger partial charge in [-0.05, 0) is 36.8 Å². The number of piperidine rings is 1. The molecule has 150 valence electrons. The minimum Gasteiger partial charge on any atom is -0.464 e. The highest BCUT2D eigenvalue weighted by atomic mass is 16.3. The summed E-state index contributed by atoms with van der Waals surface area (Å²) in [7, 11) is 4.14. The third-order valence-corrected chi connectivity index (χ3v) is 6.48. The van der Waals surface area contributed by atoms with Crippen LogP contribution in [0.15, 0.2) is 64.0 Å². The summed E-state index contributed by atoms with van der Waals surface area (Å²) < 4.78 is 7.70. The molecule has 0 aliphatic carbocycles. The highest BCUT2D eigenvalue weighted by molar-refractivity contribution is 5.61. The third-order valence-electron chi connectivity index (χ3n) is 6.48. The van der Waals surface area contributed by atoms with Crippen molar-refractivity contribution in [1.82, 2.24) is 4.57 Å². The second-order valence-electron chi connectivity index (χ2n) is 8.75.